The molecular formula is C19H23NO6S2. The van der Waals surface area contributed by atoms with Gasteiger partial charge in [0.1, 0.15) is 0 Å². The third-order valence-electron chi connectivity index (χ3n) is 5.19. The zero-order valence-corrected chi connectivity index (χ0v) is 17.5. The van der Waals surface area contributed by atoms with Gasteiger partial charge < -0.3 is 4.90 Å². The lowest BCUT2D eigenvalue weighted by Gasteiger charge is -2.23. The van der Waals surface area contributed by atoms with E-state index in [0.29, 0.717) is 24.2 Å². The van der Waals surface area contributed by atoms with Crippen LogP contribution in [0.3, 0.4) is 0 Å². The maximum Gasteiger partial charge on any atom is 0.294 e. The van der Waals surface area contributed by atoms with E-state index in [1.165, 1.54) is 12.1 Å². The third-order valence-corrected chi connectivity index (χ3v) is 7.04. The summed E-state index contributed by atoms with van der Waals surface area (Å²) in [6.07, 6.45) is 0. The van der Waals surface area contributed by atoms with E-state index in [4.69, 9.17) is 0 Å². The van der Waals surface area contributed by atoms with Crippen molar-refractivity contribution in [3.8, 4) is 0 Å². The monoisotopic (exact) mass is 425 g/mol. The minimum atomic E-state index is -4.44. The molecule has 0 bridgehead atoms. The lowest BCUT2D eigenvalue weighted by molar-refractivity contribution is 0.406. The van der Waals surface area contributed by atoms with Crippen LogP contribution in [0.15, 0.2) is 46.2 Å². The summed E-state index contributed by atoms with van der Waals surface area (Å²) in [5.74, 6) is -0.742. The molecule has 1 fully saturated rings. The van der Waals surface area contributed by atoms with Gasteiger partial charge in [-0.1, -0.05) is 35.4 Å². The molecule has 0 radical (unpaired) electrons. The van der Waals surface area contributed by atoms with Gasteiger partial charge in [0.25, 0.3) is 20.2 Å². The van der Waals surface area contributed by atoms with E-state index in [1.54, 1.807) is 24.3 Å². The number of hydrogen-bond acceptors (Lipinski definition) is 5. The first kappa shape index (κ1) is 20.9. The van der Waals surface area contributed by atoms with Crippen LogP contribution in [-0.4, -0.2) is 51.0 Å². The van der Waals surface area contributed by atoms with Crippen molar-refractivity contribution in [2.45, 2.75) is 35.5 Å². The first-order valence-corrected chi connectivity index (χ1v) is 11.6. The maximum atomic E-state index is 11.9. The van der Waals surface area contributed by atoms with E-state index >= 15 is 0 Å². The Morgan fingerprint density at radius 3 is 1.46 bits per heavy atom. The van der Waals surface area contributed by atoms with Crippen molar-refractivity contribution >= 4 is 20.2 Å². The molecule has 2 aromatic rings. The molecule has 1 saturated heterocycles. The van der Waals surface area contributed by atoms with Gasteiger partial charge in [0.05, 0.1) is 9.79 Å². The molecule has 0 amide bonds. The van der Waals surface area contributed by atoms with Gasteiger partial charge in [-0.3, -0.25) is 9.11 Å². The van der Waals surface area contributed by atoms with Crippen molar-refractivity contribution < 1.29 is 25.9 Å². The molecule has 0 saturated carbocycles. The number of aryl methyl sites for hydroxylation is 2. The normalized spacial score (nSPS) is 21.2. The Balaban J connectivity index is 2.23. The number of likely N-dealkylation sites (tertiary alicyclic amines) is 1. The Morgan fingerprint density at radius 2 is 1.14 bits per heavy atom. The summed E-state index contributed by atoms with van der Waals surface area (Å²) in [6, 6.07) is 9.38. The fourth-order valence-electron chi connectivity index (χ4n) is 4.02. The Morgan fingerprint density at radius 1 is 0.786 bits per heavy atom. The SMILES string of the molecule is Cc1ccc(S(=O)(=O)O)c([C@H]2CN(C)C[C@H]2c2cc(C)ccc2S(=O)(=O)O)c1. The molecule has 0 spiro atoms. The lowest BCUT2D eigenvalue weighted by Crippen LogP contribution is -2.16. The fourth-order valence-corrected chi connectivity index (χ4v) is 5.51. The third kappa shape index (κ3) is 4.13. The van der Waals surface area contributed by atoms with Gasteiger partial charge >= 0.3 is 0 Å². The van der Waals surface area contributed by atoms with E-state index in [2.05, 4.69) is 0 Å². The fraction of sp³-hybridized carbons (Fsp3) is 0.368. The predicted molar refractivity (Wildman–Crippen MR) is 105 cm³/mol. The Hall–Kier alpha value is -1.78. The molecule has 1 heterocycles. The second-order valence-electron chi connectivity index (χ2n) is 7.47. The van der Waals surface area contributed by atoms with Crippen LogP contribution in [0.25, 0.3) is 0 Å². The Labute approximate surface area is 165 Å². The van der Waals surface area contributed by atoms with Crippen LogP contribution in [0.2, 0.25) is 0 Å². The molecule has 1 aliphatic rings. The van der Waals surface area contributed by atoms with Crippen molar-refractivity contribution in [2.24, 2.45) is 0 Å². The lowest BCUT2D eigenvalue weighted by atomic mass is 9.83. The van der Waals surface area contributed by atoms with E-state index in [9.17, 15) is 25.9 Å². The maximum absolute atomic E-state index is 11.9. The average Bonchev–Trinajstić information content (AvgIpc) is 2.94. The highest BCUT2D eigenvalue weighted by molar-refractivity contribution is 7.86. The smallest absolute Gasteiger partial charge is 0.294 e. The van der Waals surface area contributed by atoms with Crippen LogP contribution in [0, 0.1) is 13.8 Å². The van der Waals surface area contributed by atoms with Crippen LogP contribution in [0.4, 0.5) is 0 Å². The molecule has 2 aromatic carbocycles. The highest BCUT2D eigenvalue weighted by Gasteiger charge is 2.38. The van der Waals surface area contributed by atoms with Gasteiger partial charge in [0.15, 0.2) is 0 Å². The molecule has 9 heteroatoms. The first-order valence-electron chi connectivity index (χ1n) is 8.72. The van der Waals surface area contributed by atoms with Gasteiger partial charge in [-0.2, -0.15) is 16.8 Å². The molecule has 2 atom stereocenters. The van der Waals surface area contributed by atoms with Gasteiger partial charge in [0, 0.05) is 24.9 Å². The zero-order chi connectivity index (χ0) is 20.9. The van der Waals surface area contributed by atoms with Gasteiger partial charge in [-0.15, -0.1) is 0 Å². The van der Waals surface area contributed by atoms with Crippen molar-refractivity contribution in [3.05, 3.63) is 58.7 Å². The Bertz CT molecular complexity index is 1040. The molecule has 2 N–H and O–H groups in total. The first-order chi connectivity index (χ1) is 12.9. The van der Waals surface area contributed by atoms with E-state index in [1.807, 2.05) is 25.8 Å². The van der Waals surface area contributed by atoms with Gasteiger partial charge in [0.2, 0.25) is 0 Å². The molecule has 28 heavy (non-hydrogen) atoms. The summed E-state index contributed by atoms with van der Waals surface area (Å²) in [7, 11) is -7.03. The predicted octanol–water partition coefficient (Wildman–Crippen LogP) is 2.61. The number of likely N-dealkylation sites (N-methyl/N-ethyl adjacent to an activating group) is 1. The van der Waals surface area contributed by atoms with Gasteiger partial charge in [-0.25, -0.2) is 0 Å². The number of nitrogens with zero attached hydrogens (tertiary/aromatic N) is 1. The molecule has 152 valence electrons. The number of rotatable bonds is 4. The number of hydrogen-bond donors (Lipinski definition) is 2. The summed E-state index contributed by atoms with van der Waals surface area (Å²) in [5, 5.41) is 0. The molecular weight excluding hydrogens is 402 g/mol. The molecule has 7 nitrogen and oxygen atoms in total. The second kappa shape index (κ2) is 7.23. The number of benzene rings is 2. The zero-order valence-electron chi connectivity index (χ0n) is 15.8. The van der Waals surface area contributed by atoms with Crippen LogP contribution < -0.4 is 0 Å². The minimum Gasteiger partial charge on any atom is -0.305 e. The standard InChI is InChI=1S/C19H23NO6S2/c1-12-4-6-18(27(21,22)23)14(8-12)16-10-20(3)11-17(16)15-9-13(2)5-7-19(15)28(24,25)26/h4-9,16-17H,10-11H2,1-3H3,(H,21,22,23)(H,24,25,26)/t16-,17+. The van der Waals surface area contributed by atoms with E-state index in [0.717, 1.165) is 11.1 Å². The van der Waals surface area contributed by atoms with Crippen LogP contribution in [-0.2, 0) is 20.2 Å². The van der Waals surface area contributed by atoms with Crippen molar-refractivity contribution in [1.29, 1.82) is 0 Å². The summed E-state index contributed by atoms with van der Waals surface area (Å²) in [5.41, 5.74) is 2.55. The summed E-state index contributed by atoms with van der Waals surface area (Å²) in [6.45, 7) is 4.60. The Kier molecular flexibility index (Phi) is 5.41. The molecule has 3 rings (SSSR count). The summed E-state index contributed by atoms with van der Waals surface area (Å²) in [4.78, 5) is 1.62. The summed E-state index contributed by atoms with van der Waals surface area (Å²) < 4.78 is 67.1. The topological polar surface area (TPSA) is 112 Å². The molecule has 0 aromatic heterocycles. The van der Waals surface area contributed by atoms with Crippen molar-refractivity contribution in [2.75, 3.05) is 20.1 Å². The van der Waals surface area contributed by atoms with Crippen LogP contribution in [0.1, 0.15) is 34.1 Å². The quantitative estimate of drug-likeness (QED) is 0.724. The highest BCUT2D eigenvalue weighted by Crippen LogP contribution is 2.43. The van der Waals surface area contributed by atoms with Crippen molar-refractivity contribution in [1.82, 2.24) is 4.90 Å². The largest absolute Gasteiger partial charge is 0.305 e. The average molecular weight is 426 g/mol. The summed E-state index contributed by atoms with van der Waals surface area (Å²) >= 11 is 0. The van der Waals surface area contributed by atoms with Crippen LogP contribution in [0.5, 0.6) is 0 Å². The second-order valence-corrected chi connectivity index (χ2v) is 10.2. The molecule has 1 aliphatic heterocycles. The van der Waals surface area contributed by atoms with E-state index < -0.39 is 20.2 Å². The highest BCUT2D eigenvalue weighted by atomic mass is 32.2. The molecule has 0 aliphatic carbocycles. The molecule has 0 unspecified atom stereocenters. The minimum absolute atomic E-state index is 0.176. The van der Waals surface area contributed by atoms with Gasteiger partial charge in [-0.05, 0) is 44.2 Å². The van der Waals surface area contributed by atoms with E-state index in [-0.39, 0.29) is 21.6 Å². The van der Waals surface area contributed by atoms with Crippen LogP contribution >= 0.6 is 0 Å². The van der Waals surface area contributed by atoms with Crippen molar-refractivity contribution in [3.63, 3.8) is 0 Å².